The molecule has 17 heavy (non-hydrogen) atoms. The molecule has 0 saturated heterocycles. The van der Waals surface area contributed by atoms with E-state index in [2.05, 4.69) is 20.8 Å². The first-order valence-electron chi connectivity index (χ1n) is 7.15. The zero-order valence-electron chi connectivity index (χ0n) is 11.4. The third kappa shape index (κ3) is 1.67. The summed E-state index contributed by atoms with van der Waals surface area (Å²) in [6.07, 6.45) is 5.67. The molecule has 3 aliphatic carbocycles. The highest BCUT2D eigenvalue weighted by Crippen LogP contribution is 2.64. The molecule has 3 fully saturated rings. The second-order valence-corrected chi connectivity index (χ2v) is 8.10. The highest BCUT2D eigenvalue weighted by atomic mass is 16.3. The van der Waals surface area contributed by atoms with E-state index in [0.29, 0.717) is 23.7 Å². The number of hydrogen-bond donors (Lipinski definition) is 2. The molecule has 0 amide bonds. The van der Waals surface area contributed by atoms with Crippen molar-refractivity contribution in [2.75, 3.05) is 0 Å². The SMILES string of the molecule is CC1(C)C[C@H]2[C@@H]1CC[C@]1(C)C[C@H](O)C[C@@]2(O)C1. The molecule has 0 radical (unpaired) electrons. The monoisotopic (exact) mass is 238 g/mol. The summed E-state index contributed by atoms with van der Waals surface area (Å²) in [6.45, 7) is 6.94. The van der Waals surface area contributed by atoms with E-state index in [1.54, 1.807) is 0 Å². The van der Waals surface area contributed by atoms with Crippen molar-refractivity contribution in [1.82, 2.24) is 0 Å². The normalized spacial score (nSPS) is 56.6. The van der Waals surface area contributed by atoms with E-state index in [4.69, 9.17) is 0 Å². The van der Waals surface area contributed by atoms with Crippen LogP contribution in [0.3, 0.4) is 0 Å². The molecule has 2 bridgehead atoms. The van der Waals surface area contributed by atoms with Crippen LogP contribution in [0, 0.1) is 22.7 Å². The topological polar surface area (TPSA) is 40.5 Å². The third-order valence-electron chi connectivity index (χ3n) is 6.04. The molecule has 98 valence electrons. The van der Waals surface area contributed by atoms with E-state index in [1.165, 1.54) is 12.8 Å². The van der Waals surface area contributed by atoms with Gasteiger partial charge in [-0.05, 0) is 54.8 Å². The van der Waals surface area contributed by atoms with Crippen LogP contribution in [-0.2, 0) is 0 Å². The number of hydrogen-bond acceptors (Lipinski definition) is 2. The molecule has 0 unspecified atom stereocenters. The summed E-state index contributed by atoms with van der Waals surface area (Å²) in [7, 11) is 0. The van der Waals surface area contributed by atoms with E-state index in [-0.39, 0.29) is 11.5 Å². The van der Waals surface area contributed by atoms with Gasteiger partial charge in [0.1, 0.15) is 0 Å². The molecule has 5 atom stereocenters. The number of fused-ring (bicyclic) bond motifs is 4. The van der Waals surface area contributed by atoms with Gasteiger partial charge in [0.05, 0.1) is 11.7 Å². The maximum atomic E-state index is 11.0. The van der Waals surface area contributed by atoms with Crippen LogP contribution in [0.5, 0.6) is 0 Å². The minimum Gasteiger partial charge on any atom is -0.393 e. The Hall–Kier alpha value is -0.0800. The fraction of sp³-hybridized carbons (Fsp3) is 1.00. The largest absolute Gasteiger partial charge is 0.393 e. The molecule has 3 rings (SSSR count). The summed E-state index contributed by atoms with van der Waals surface area (Å²) in [6, 6.07) is 0. The van der Waals surface area contributed by atoms with E-state index >= 15 is 0 Å². The van der Waals surface area contributed by atoms with Gasteiger partial charge in [-0.15, -0.1) is 0 Å². The Kier molecular flexibility index (Phi) is 2.30. The summed E-state index contributed by atoms with van der Waals surface area (Å²) in [5.41, 5.74) is -0.0118. The van der Waals surface area contributed by atoms with Crippen molar-refractivity contribution in [3.63, 3.8) is 0 Å². The zero-order chi connectivity index (χ0) is 12.5. The Balaban J connectivity index is 1.93. The second-order valence-electron chi connectivity index (χ2n) is 8.10. The quantitative estimate of drug-likeness (QED) is 0.681. The van der Waals surface area contributed by atoms with Crippen molar-refractivity contribution in [2.45, 2.75) is 71.0 Å². The molecular formula is C15H26O2. The summed E-state index contributed by atoms with van der Waals surface area (Å²) >= 11 is 0. The average Bonchev–Trinajstić information content (AvgIpc) is 2.17. The van der Waals surface area contributed by atoms with E-state index < -0.39 is 5.60 Å². The van der Waals surface area contributed by atoms with Gasteiger partial charge in [-0.25, -0.2) is 0 Å². The van der Waals surface area contributed by atoms with E-state index in [9.17, 15) is 10.2 Å². The van der Waals surface area contributed by atoms with Crippen LogP contribution in [0.15, 0.2) is 0 Å². The van der Waals surface area contributed by atoms with Crippen molar-refractivity contribution >= 4 is 0 Å². The van der Waals surface area contributed by atoms with Crippen LogP contribution in [0.4, 0.5) is 0 Å². The van der Waals surface area contributed by atoms with Crippen LogP contribution in [0.2, 0.25) is 0 Å². The van der Waals surface area contributed by atoms with Crippen LogP contribution in [0.1, 0.15) is 59.3 Å². The van der Waals surface area contributed by atoms with Gasteiger partial charge in [0.2, 0.25) is 0 Å². The van der Waals surface area contributed by atoms with Gasteiger partial charge in [0.15, 0.2) is 0 Å². The number of rotatable bonds is 0. The maximum absolute atomic E-state index is 11.0. The minimum absolute atomic E-state index is 0.167. The lowest BCUT2D eigenvalue weighted by molar-refractivity contribution is -0.178. The van der Waals surface area contributed by atoms with Crippen molar-refractivity contribution in [1.29, 1.82) is 0 Å². The summed E-state index contributed by atoms with van der Waals surface area (Å²) in [5.74, 6) is 1.11. The lowest BCUT2D eigenvalue weighted by Gasteiger charge is -2.58. The van der Waals surface area contributed by atoms with E-state index in [0.717, 1.165) is 19.3 Å². The average molecular weight is 238 g/mol. The fourth-order valence-electron chi connectivity index (χ4n) is 5.31. The van der Waals surface area contributed by atoms with Gasteiger partial charge < -0.3 is 10.2 Å². The molecule has 0 spiro atoms. The predicted molar refractivity (Wildman–Crippen MR) is 67.5 cm³/mol. The number of aliphatic hydroxyl groups excluding tert-OH is 1. The third-order valence-corrected chi connectivity index (χ3v) is 6.04. The first-order valence-corrected chi connectivity index (χ1v) is 7.15. The first kappa shape index (κ1) is 12.0. The van der Waals surface area contributed by atoms with Gasteiger partial charge in [-0.1, -0.05) is 20.8 Å². The molecule has 0 aromatic carbocycles. The molecule has 2 N–H and O–H groups in total. The molecule has 0 aliphatic heterocycles. The molecule has 2 heteroatoms. The van der Waals surface area contributed by atoms with Gasteiger partial charge in [-0.3, -0.25) is 0 Å². The molecule has 3 aliphatic rings. The molecule has 2 nitrogen and oxygen atoms in total. The Morgan fingerprint density at radius 2 is 1.71 bits per heavy atom. The molecule has 3 saturated carbocycles. The lowest BCUT2D eigenvalue weighted by Crippen LogP contribution is -2.57. The predicted octanol–water partition coefficient (Wildman–Crippen LogP) is 2.72. The van der Waals surface area contributed by atoms with Crippen LogP contribution in [-0.4, -0.2) is 21.9 Å². The molecule has 0 aromatic heterocycles. The smallest absolute Gasteiger partial charge is 0.0708 e. The van der Waals surface area contributed by atoms with Gasteiger partial charge in [-0.2, -0.15) is 0 Å². The Morgan fingerprint density at radius 1 is 1.00 bits per heavy atom. The Morgan fingerprint density at radius 3 is 2.35 bits per heavy atom. The second kappa shape index (κ2) is 3.27. The molecule has 0 aromatic rings. The highest BCUT2D eigenvalue weighted by molar-refractivity contribution is 5.11. The van der Waals surface area contributed by atoms with Crippen LogP contribution in [0.25, 0.3) is 0 Å². The van der Waals surface area contributed by atoms with Crippen LogP contribution < -0.4 is 0 Å². The Labute approximate surface area is 104 Å². The molecular weight excluding hydrogens is 212 g/mol. The van der Waals surface area contributed by atoms with Crippen molar-refractivity contribution in [3.05, 3.63) is 0 Å². The van der Waals surface area contributed by atoms with Gasteiger partial charge >= 0.3 is 0 Å². The van der Waals surface area contributed by atoms with Crippen molar-refractivity contribution in [2.24, 2.45) is 22.7 Å². The number of aliphatic hydroxyl groups is 2. The summed E-state index contributed by atoms with van der Waals surface area (Å²) < 4.78 is 0. The van der Waals surface area contributed by atoms with Gasteiger partial charge in [0, 0.05) is 6.42 Å². The highest BCUT2D eigenvalue weighted by Gasteiger charge is 2.61. The van der Waals surface area contributed by atoms with Crippen molar-refractivity contribution < 1.29 is 10.2 Å². The lowest BCUT2D eigenvalue weighted by atomic mass is 9.49. The summed E-state index contributed by atoms with van der Waals surface area (Å²) in [4.78, 5) is 0. The van der Waals surface area contributed by atoms with Crippen molar-refractivity contribution in [3.8, 4) is 0 Å². The molecule has 0 heterocycles. The zero-order valence-corrected chi connectivity index (χ0v) is 11.4. The first-order chi connectivity index (χ1) is 7.74. The minimum atomic E-state index is -0.580. The van der Waals surface area contributed by atoms with Crippen LogP contribution >= 0.6 is 0 Å². The van der Waals surface area contributed by atoms with Gasteiger partial charge in [0.25, 0.3) is 0 Å². The Bertz CT molecular complexity index is 338. The maximum Gasteiger partial charge on any atom is 0.0708 e. The summed E-state index contributed by atoms with van der Waals surface area (Å²) in [5, 5.41) is 21.0. The fourth-order valence-corrected chi connectivity index (χ4v) is 5.31. The standard InChI is InChI=1S/C15H26O2/c1-13(2)8-12-11(13)4-5-14(3)6-10(16)7-15(12,17)9-14/h10-12,16-17H,4-9H2,1-3H3/t10-,11-,12-,14+,15+/m0/s1. The van der Waals surface area contributed by atoms with E-state index in [1.807, 2.05) is 0 Å².